The summed E-state index contributed by atoms with van der Waals surface area (Å²) in [7, 11) is 0. The molecule has 0 unspecified atom stereocenters. The van der Waals surface area contributed by atoms with Gasteiger partial charge in [0.1, 0.15) is 11.6 Å². The lowest BCUT2D eigenvalue weighted by atomic mass is 10.1. The highest BCUT2D eigenvalue weighted by Crippen LogP contribution is 2.31. The van der Waals surface area contributed by atoms with E-state index in [0.29, 0.717) is 30.0 Å². The highest BCUT2D eigenvalue weighted by Gasteiger charge is 2.25. The van der Waals surface area contributed by atoms with Crippen LogP contribution in [0.4, 0.5) is 4.39 Å². The number of hydrogen-bond acceptors (Lipinski definition) is 8. The number of aromatic nitrogens is 6. The molecule has 220 valence electrons. The summed E-state index contributed by atoms with van der Waals surface area (Å²) in [5.41, 5.74) is 3.52. The van der Waals surface area contributed by atoms with Crippen LogP contribution in [0.25, 0.3) is 11.0 Å². The quantitative estimate of drug-likeness (QED) is 0.222. The van der Waals surface area contributed by atoms with Gasteiger partial charge in [0.15, 0.2) is 0 Å². The normalized spacial score (nSPS) is 14.3. The fourth-order valence-electron chi connectivity index (χ4n) is 5.62. The number of carboxylic acids is 1. The van der Waals surface area contributed by atoms with Gasteiger partial charge in [-0.05, 0) is 61.2 Å². The molecule has 3 aromatic heterocycles. The first kappa shape index (κ1) is 28.6. The molecule has 0 aliphatic carbocycles. The molecule has 0 atom stereocenters. The average Bonchev–Trinajstić information content (AvgIpc) is 3.76. The van der Waals surface area contributed by atoms with E-state index in [2.05, 4.69) is 31.0 Å². The number of benzene rings is 2. The zero-order valence-corrected chi connectivity index (χ0v) is 24.5. The van der Waals surface area contributed by atoms with Crippen LogP contribution in [0.5, 0.6) is 0 Å². The minimum Gasteiger partial charge on any atom is -0.545 e. The second kappa shape index (κ2) is 12.4. The SMILES string of the molecule is CCn1cncc1Cn1c(CN2CCC(n3nccc3SCc3ccc(C#N)cc3F)CC2)nc2ccc(C(=O)[O-])cc21. The number of thioether (sulfide) groups is 1. The van der Waals surface area contributed by atoms with Crippen LogP contribution in [0.1, 0.15) is 58.8 Å². The number of piperidine rings is 1. The van der Waals surface area contributed by atoms with Crippen LogP contribution in [0.2, 0.25) is 0 Å². The van der Waals surface area contributed by atoms with E-state index in [1.54, 1.807) is 48.6 Å². The second-order valence-electron chi connectivity index (χ2n) is 10.6. The number of imidazole rings is 2. The van der Waals surface area contributed by atoms with Crippen molar-refractivity contribution in [3.63, 3.8) is 0 Å². The molecule has 0 radical (unpaired) electrons. The molecular weight excluding hydrogens is 567 g/mol. The van der Waals surface area contributed by atoms with Crippen molar-refractivity contribution in [2.75, 3.05) is 13.1 Å². The fourth-order valence-corrected chi connectivity index (χ4v) is 6.64. The molecule has 0 bridgehead atoms. The van der Waals surface area contributed by atoms with Crippen LogP contribution < -0.4 is 5.11 Å². The summed E-state index contributed by atoms with van der Waals surface area (Å²) in [5.74, 6) is -0.260. The van der Waals surface area contributed by atoms with Crippen LogP contribution in [0.3, 0.4) is 0 Å². The first-order valence-corrected chi connectivity index (χ1v) is 15.2. The maximum absolute atomic E-state index is 14.4. The molecule has 0 N–H and O–H groups in total. The second-order valence-corrected chi connectivity index (χ2v) is 11.6. The van der Waals surface area contributed by atoms with E-state index in [0.717, 1.165) is 60.1 Å². The van der Waals surface area contributed by atoms with E-state index in [9.17, 15) is 14.3 Å². The van der Waals surface area contributed by atoms with Crippen LogP contribution in [-0.4, -0.2) is 52.8 Å². The molecule has 2 aromatic carbocycles. The number of halogens is 1. The number of aryl methyl sites for hydroxylation is 1. The minimum absolute atomic E-state index is 0.125. The average molecular weight is 598 g/mol. The molecule has 4 heterocycles. The summed E-state index contributed by atoms with van der Waals surface area (Å²) in [4.78, 5) is 23.2. The molecule has 1 saturated heterocycles. The molecule has 12 heteroatoms. The van der Waals surface area contributed by atoms with Crippen molar-refractivity contribution in [3.05, 3.63) is 95.2 Å². The largest absolute Gasteiger partial charge is 0.545 e. The summed E-state index contributed by atoms with van der Waals surface area (Å²) in [6, 6.07) is 13.7. The molecule has 6 rings (SSSR count). The summed E-state index contributed by atoms with van der Waals surface area (Å²) < 4.78 is 20.6. The standard InChI is InChI=1S/C31H31FN8O2S/c1-2-38-20-34-16-25(38)17-39-28-14-22(31(41)42)5-6-27(28)36-29(39)18-37-11-8-24(9-12-37)40-30(7-10-35-40)43-19-23-4-3-21(15-33)13-26(23)32/h3-7,10,13-14,16,20,24H,2,8-9,11-12,17-19H2,1H3,(H,41,42)/p-1. The van der Waals surface area contributed by atoms with Crippen LogP contribution in [-0.2, 0) is 25.4 Å². The van der Waals surface area contributed by atoms with E-state index in [4.69, 9.17) is 10.2 Å². The van der Waals surface area contributed by atoms with Gasteiger partial charge in [-0.3, -0.25) is 9.58 Å². The third-order valence-corrected chi connectivity index (χ3v) is 9.06. The number of aromatic carboxylic acids is 1. The monoisotopic (exact) mass is 597 g/mol. The zero-order chi connectivity index (χ0) is 29.9. The minimum atomic E-state index is -1.21. The number of hydrogen-bond donors (Lipinski definition) is 0. The maximum atomic E-state index is 14.4. The van der Waals surface area contributed by atoms with Gasteiger partial charge in [0.05, 0.1) is 71.0 Å². The fraction of sp³-hybridized carbons (Fsp3) is 0.323. The smallest absolute Gasteiger partial charge is 0.128 e. The number of nitriles is 1. The Morgan fingerprint density at radius 1 is 1.16 bits per heavy atom. The lowest BCUT2D eigenvalue weighted by Gasteiger charge is -2.32. The molecule has 43 heavy (non-hydrogen) atoms. The molecule has 1 aliphatic rings. The van der Waals surface area contributed by atoms with Gasteiger partial charge in [-0.15, -0.1) is 11.8 Å². The third-order valence-electron chi connectivity index (χ3n) is 7.98. The molecule has 10 nitrogen and oxygen atoms in total. The number of carbonyl (C=O) groups is 1. The Morgan fingerprint density at radius 2 is 2.00 bits per heavy atom. The van der Waals surface area contributed by atoms with Crippen molar-refractivity contribution in [1.29, 1.82) is 5.26 Å². The Hall–Kier alpha value is -4.47. The van der Waals surface area contributed by atoms with Gasteiger partial charge >= 0.3 is 0 Å². The molecule has 5 aromatic rings. The predicted octanol–water partition coefficient (Wildman–Crippen LogP) is 4.00. The van der Waals surface area contributed by atoms with Crippen molar-refractivity contribution in [3.8, 4) is 6.07 Å². The van der Waals surface area contributed by atoms with Crippen LogP contribution in [0.15, 0.2) is 66.2 Å². The van der Waals surface area contributed by atoms with Crippen LogP contribution >= 0.6 is 11.8 Å². The number of carbonyl (C=O) groups excluding carboxylic acids is 1. The maximum Gasteiger partial charge on any atom is 0.128 e. The Morgan fingerprint density at radius 3 is 2.74 bits per heavy atom. The van der Waals surface area contributed by atoms with Gasteiger partial charge < -0.3 is 19.0 Å². The summed E-state index contributed by atoms with van der Waals surface area (Å²) in [5, 5.41) is 26.2. The first-order chi connectivity index (χ1) is 20.9. The van der Waals surface area contributed by atoms with Gasteiger partial charge in [0.2, 0.25) is 0 Å². The molecular formula is C31H30FN8O2S-. The van der Waals surface area contributed by atoms with E-state index in [1.165, 1.54) is 12.1 Å². The number of likely N-dealkylation sites (tertiary alicyclic amines) is 1. The van der Waals surface area contributed by atoms with E-state index >= 15 is 0 Å². The van der Waals surface area contributed by atoms with Gasteiger partial charge in [-0.1, -0.05) is 12.1 Å². The molecule has 1 aliphatic heterocycles. The Kier molecular flexibility index (Phi) is 8.26. The number of rotatable bonds is 10. The Balaban J connectivity index is 1.15. The first-order valence-electron chi connectivity index (χ1n) is 14.2. The third kappa shape index (κ3) is 6.04. The highest BCUT2D eigenvalue weighted by atomic mass is 32.2. The van der Waals surface area contributed by atoms with Crippen LogP contribution in [0, 0.1) is 17.1 Å². The van der Waals surface area contributed by atoms with Crippen molar-refractivity contribution in [2.45, 2.75) is 56.2 Å². The van der Waals surface area contributed by atoms with Gasteiger partial charge in [-0.2, -0.15) is 10.4 Å². The van der Waals surface area contributed by atoms with Crippen molar-refractivity contribution >= 4 is 28.8 Å². The molecule has 0 amide bonds. The topological polar surface area (TPSA) is 121 Å². The summed E-state index contributed by atoms with van der Waals surface area (Å²) in [6.07, 6.45) is 7.22. The lowest BCUT2D eigenvalue weighted by Crippen LogP contribution is -2.35. The molecule has 1 fully saturated rings. The van der Waals surface area contributed by atoms with Crippen molar-refractivity contribution < 1.29 is 14.3 Å². The zero-order valence-electron chi connectivity index (χ0n) is 23.7. The molecule has 0 saturated carbocycles. The predicted molar refractivity (Wildman–Crippen MR) is 158 cm³/mol. The summed E-state index contributed by atoms with van der Waals surface area (Å²) in [6.45, 7) is 5.69. The summed E-state index contributed by atoms with van der Waals surface area (Å²) >= 11 is 1.54. The van der Waals surface area contributed by atoms with Gasteiger partial charge in [-0.25, -0.2) is 14.4 Å². The molecule has 0 spiro atoms. The van der Waals surface area contributed by atoms with Crippen molar-refractivity contribution in [2.24, 2.45) is 0 Å². The number of carboxylic acid groups (broad SMARTS) is 1. The highest BCUT2D eigenvalue weighted by molar-refractivity contribution is 7.98. The van der Waals surface area contributed by atoms with E-state index in [-0.39, 0.29) is 17.4 Å². The van der Waals surface area contributed by atoms with Gasteiger partial charge in [0, 0.05) is 31.6 Å². The lowest BCUT2D eigenvalue weighted by molar-refractivity contribution is -0.255. The van der Waals surface area contributed by atoms with Crippen molar-refractivity contribution in [1.82, 2.24) is 33.8 Å². The van der Waals surface area contributed by atoms with Gasteiger partial charge in [0.25, 0.3) is 0 Å². The number of nitrogens with zero attached hydrogens (tertiary/aromatic N) is 8. The van der Waals surface area contributed by atoms with E-state index < -0.39 is 5.97 Å². The Labute approximate surface area is 252 Å². The van der Waals surface area contributed by atoms with E-state index in [1.807, 2.05) is 23.0 Å². The Bertz CT molecular complexity index is 1810. The number of fused-ring (bicyclic) bond motifs is 1.